The highest BCUT2D eigenvalue weighted by atomic mass is 32.1. The highest BCUT2D eigenvalue weighted by Crippen LogP contribution is 2.33. The zero-order valence-corrected chi connectivity index (χ0v) is 19.1. The summed E-state index contributed by atoms with van der Waals surface area (Å²) in [6.07, 6.45) is 0. The van der Waals surface area contributed by atoms with Crippen LogP contribution in [0.25, 0.3) is 38.2 Å². The minimum atomic E-state index is -0.518. The van der Waals surface area contributed by atoms with E-state index >= 15 is 0 Å². The predicted molar refractivity (Wildman–Crippen MR) is 132 cm³/mol. The number of hydrogen-bond acceptors (Lipinski definition) is 5. The van der Waals surface area contributed by atoms with Crippen molar-refractivity contribution in [2.45, 2.75) is 0 Å². The highest BCUT2D eigenvalue weighted by molar-refractivity contribution is 7.17. The Labute approximate surface area is 197 Å². The lowest BCUT2D eigenvalue weighted by Crippen LogP contribution is -2.33. The number of ether oxygens (including phenoxy) is 2. The molecule has 0 saturated carbocycles. The van der Waals surface area contributed by atoms with E-state index in [2.05, 4.69) is 4.98 Å². The minimum absolute atomic E-state index is 0.187. The Kier molecular flexibility index (Phi) is 5.51. The summed E-state index contributed by atoms with van der Waals surface area (Å²) < 4.78 is 25.4. The number of thiophene rings is 1. The van der Waals surface area contributed by atoms with E-state index in [0.29, 0.717) is 32.8 Å². The van der Waals surface area contributed by atoms with E-state index in [0.717, 1.165) is 15.7 Å². The summed E-state index contributed by atoms with van der Waals surface area (Å²) in [5.74, 6) is 0.293. The molecular formula is C26H19FN2O4S. The standard InChI is InChI=1S/C26H19FN2O4S/c1-32-19-5-3-4-18(13-19)29-25(30)23-20(14-34-24(23)28-26(29)31)16-8-6-15(7-9-16)17-10-11-22(33-2)21(27)12-17/h3-14H,1-2H3,(H,28,31). The number of rotatable bonds is 5. The number of nitrogens with one attached hydrogen (secondary N) is 1. The summed E-state index contributed by atoms with van der Waals surface area (Å²) in [6.45, 7) is 0. The third-order valence-corrected chi connectivity index (χ3v) is 6.52. The van der Waals surface area contributed by atoms with Gasteiger partial charge in [-0.05, 0) is 41.0 Å². The first kappa shape index (κ1) is 21.7. The number of methoxy groups -OCH3 is 2. The fraction of sp³-hybridized carbons (Fsp3) is 0.0769. The van der Waals surface area contributed by atoms with Crippen molar-refractivity contribution in [2.75, 3.05) is 14.2 Å². The van der Waals surface area contributed by atoms with Crippen LogP contribution in [0.4, 0.5) is 4.39 Å². The summed E-state index contributed by atoms with van der Waals surface area (Å²) in [6, 6.07) is 19.1. The molecule has 34 heavy (non-hydrogen) atoms. The van der Waals surface area contributed by atoms with Crippen LogP contribution in [0.5, 0.6) is 11.5 Å². The SMILES string of the molecule is COc1cccc(-n2c(=O)[nH]c3scc(-c4ccc(-c5ccc(OC)c(F)c5)cc4)c3c2=O)c1. The maximum absolute atomic E-state index is 14.1. The molecule has 0 amide bonds. The van der Waals surface area contributed by atoms with Gasteiger partial charge in [0.25, 0.3) is 5.56 Å². The molecular weight excluding hydrogens is 455 g/mol. The molecule has 0 spiro atoms. The molecule has 0 aliphatic rings. The Hall–Kier alpha value is -4.17. The van der Waals surface area contributed by atoms with Crippen molar-refractivity contribution >= 4 is 21.6 Å². The zero-order chi connectivity index (χ0) is 23.8. The molecule has 0 radical (unpaired) electrons. The van der Waals surface area contributed by atoms with Gasteiger partial charge in [-0.15, -0.1) is 11.3 Å². The topological polar surface area (TPSA) is 73.3 Å². The lowest BCUT2D eigenvalue weighted by Gasteiger charge is -2.08. The normalized spacial score (nSPS) is 11.0. The molecule has 6 nitrogen and oxygen atoms in total. The molecule has 5 rings (SSSR count). The number of aromatic amines is 1. The van der Waals surface area contributed by atoms with Crippen LogP contribution in [0, 0.1) is 5.82 Å². The first-order chi connectivity index (χ1) is 16.5. The number of hydrogen-bond donors (Lipinski definition) is 1. The Morgan fingerprint density at radius 1 is 0.882 bits per heavy atom. The summed E-state index contributed by atoms with van der Waals surface area (Å²) in [4.78, 5) is 29.5. The van der Waals surface area contributed by atoms with Gasteiger partial charge in [0.2, 0.25) is 0 Å². The van der Waals surface area contributed by atoms with E-state index in [1.807, 2.05) is 29.6 Å². The maximum Gasteiger partial charge on any atom is 0.334 e. The van der Waals surface area contributed by atoms with E-state index in [9.17, 15) is 14.0 Å². The van der Waals surface area contributed by atoms with Gasteiger partial charge in [-0.1, -0.05) is 36.4 Å². The van der Waals surface area contributed by atoms with Crippen LogP contribution in [0.3, 0.4) is 0 Å². The van der Waals surface area contributed by atoms with E-state index in [1.165, 1.54) is 31.6 Å². The molecule has 0 saturated heterocycles. The number of nitrogens with zero attached hydrogens (tertiary/aromatic N) is 1. The molecule has 0 aliphatic heterocycles. The quantitative estimate of drug-likeness (QED) is 0.379. The molecule has 3 aromatic carbocycles. The Bertz CT molecular complexity index is 1630. The molecule has 0 aliphatic carbocycles. The van der Waals surface area contributed by atoms with Crippen molar-refractivity contribution < 1.29 is 13.9 Å². The van der Waals surface area contributed by atoms with Gasteiger partial charge in [-0.25, -0.2) is 13.8 Å². The lowest BCUT2D eigenvalue weighted by molar-refractivity contribution is 0.386. The summed E-state index contributed by atoms with van der Waals surface area (Å²) in [5, 5.41) is 2.27. The number of fused-ring (bicyclic) bond motifs is 1. The number of H-pyrrole nitrogens is 1. The largest absolute Gasteiger partial charge is 0.497 e. The molecule has 0 bridgehead atoms. The monoisotopic (exact) mass is 474 g/mol. The lowest BCUT2D eigenvalue weighted by atomic mass is 10.0. The third-order valence-electron chi connectivity index (χ3n) is 5.62. The van der Waals surface area contributed by atoms with Crippen LogP contribution >= 0.6 is 11.3 Å². The number of benzene rings is 3. The van der Waals surface area contributed by atoms with Crippen LogP contribution in [0.15, 0.2) is 81.7 Å². The first-order valence-electron chi connectivity index (χ1n) is 10.4. The average Bonchev–Trinajstić information content (AvgIpc) is 3.28. The highest BCUT2D eigenvalue weighted by Gasteiger charge is 2.16. The van der Waals surface area contributed by atoms with Crippen molar-refractivity contribution in [3.8, 4) is 39.4 Å². The van der Waals surface area contributed by atoms with Crippen LogP contribution in [0.1, 0.15) is 0 Å². The molecule has 2 heterocycles. The molecule has 0 fully saturated rings. The molecule has 0 atom stereocenters. The van der Waals surface area contributed by atoms with E-state index in [1.54, 1.807) is 36.4 Å². The van der Waals surface area contributed by atoms with Gasteiger partial charge in [-0.3, -0.25) is 9.78 Å². The minimum Gasteiger partial charge on any atom is -0.497 e. The van der Waals surface area contributed by atoms with Crippen LogP contribution in [0.2, 0.25) is 0 Å². The predicted octanol–water partition coefficient (Wildman–Crippen LogP) is 5.23. The number of halogens is 1. The molecule has 5 aromatic rings. The second-order valence-electron chi connectivity index (χ2n) is 7.55. The Balaban J connectivity index is 1.60. The van der Waals surface area contributed by atoms with Gasteiger partial charge in [0.05, 0.1) is 25.3 Å². The van der Waals surface area contributed by atoms with E-state index < -0.39 is 17.1 Å². The van der Waals surface area contributed by atoms with Crippen LogP contribution in [-0.2, 0) is 0 Å². The zero-order valence-electron chi connectivity index (χ0n) is 18.3. The first-order valence-corrected chi connectivity index (χ1v) is 11.2. The Morgan fingerprint density at radius 3 is 2.32 bits per heavy atom. The third kappa shape index (κ3) is 3.68. The summed E-state index contributed by atoms with van der Waals surface area (Å²) >= 11 is 1.30. The second kappa shape index (κ2) is 8.64. The molecule has 8 heteroatoms. The molecule has 1 N–H and O–H groups in total. The van der Waals surface area contributed by atoms with E-state index in [4.69, 9.17) is 9.47 Å². The van der Waals surface area contributed by atoms with Gasteiger partial charge in [0, 0.05) is 17.0 Å². The fourth-order valence-corrected chi connectivity index (χ4v) is 4.85. The second-order valence-corrected chi connectivity index (χ2v) is 8.43. The van der Waals surface area contributed by atoms with Gasteiger partial charge in [0.15, 0.2) is 11.6 Å². The smallest absolute Gasteiger partial charge is 0.334 e. The van der Waals surface area contributed by atoms with Crippen molar-refractivity contribution in [2.24, 2.45) is 0 Å². The Morgan fingerprint density at radius 2 is 1.62 bits per heavy atom. The summed E-state index contributed by atoms with van der Waals surface area (Å²) in [5.41, 5.74) is 2.55. The van der Waals surface area contributed by atoms with Gasteiger partial charge in [0.1, 0.15) is 10.6 Å². The van der Waals surface area contributed by atoms with Gasteiger partial charge < -0.3 is 9.47 Å². The van der Waals surface area contributed by atoms with Gasteiger partial charge in [-0.2, -0.15) is 0 Å². The average molecular weight is 475 g/mol. The number of aromatic nitrogens is 2. The summed E-state index contributed by atoms with van der Waals surface area (Å²) in [7, 11) is 2.95. The van der Waals surface area contributed by atoms with Gasteiger partial charge >= 0.3 is 5.69 Å². The van der Waals surface area contributed by atoms with Crippen molar-refractivity contribution in [1.29, 1.82) is 0 Å². The fourth-order valence-electron chi connectivity index (χ4n) is 3.90. The molecule has 2 aromatic heterocycles. The van der Waals surface area contributed by atoms with E-state index in [-0.39, 0.29) is 5.75 Å². The maximum atomic E-state index is 14.1. The van der Waals surface area contributed by atoms with Crippen LogP contribution < -0.4 is 20.7 Å². The van der Waals surface area contributed by atoms with Crippen LogP contribution in [-0.4, -0.2) is 23.8 Å². The van der Waals surface area contributed by atoms with Crippen molar-refractivity contribution in [3.63, 3.8) is 0 Å². The van der Waals surface area contributed by atoms with Crippen molar-refractivity contribution in [3.05, 3.63) is 98.8 Å². The molecule has 170 valence electrons. The molecule has 0 unspecified atom stereocenters. The van der Waals surface area contributed by atoms with Crippen molar-refractivity contribution in [1.82, 2.24) is 9.55 Å².